The predicted molar refractivity (Wildman–Crippen MR) is 125 cm³/mol. The van der Waals surface area contributed by atoms with Gasteiger partial charge in [0.05, 0.1) is 0 Å². The van der Waals surface area contributed by atoms with Crippen LogP contribution in [0, 0.1) is 18.3 Å². The molecule has 33 heavy (non-hydrogen) atoms. The maximum atomic E-state index is 12.6. The van der Waals surface area contributed by atoms with Crippen LogP contribution in [0.5, 0.6) is 11.5 Å². The van der Waals surface area contributed by atoms with E-state index in [2.05, 4.69) is 10.6 Å². The van der Waals surface area contributed by atoms with Gasteiger partial charge in [-0.05, 0) is 55.0 Å². The SMILES string of the molecule is Cc1ccc(C(=O)Nc2cccc(/C=C(\C#N)C(=O)Nc3ccc4c(c3)OCCO4)c2)cc1. The summed E-state index contributed by atoms with van der Waals surface area (Å²) < 4.78 is 11.0. The molecule has 0 saturated heterocycles. The van der Waals surface area contributed by atoms with Gasteiger partial charge in [-0.3, -0.25) is 9.59 Å². The summed E-state index contributed by atoms with van der Waals surface area (Å²) in [5, 5.41) is 15.1. The molecule has 0 unspecified atom stereocenters. The average molecular weight is 439 g/mol. The minimum Gasteiger partial charge on any atom is -0.486 e. The molecule has 7 nitrogen and oxygen atoms in total. The third kappa shape index (κ3) is 5.38. The van der Waals surface area contributed by atoms with E-state index in [0.29, 0.717) is 47.2 Å². The van der Waals surface area contributed by atoms with Gasteiger partial charge in [0.2, 0.25) is 0 Å². The lowest BCUT2D eigenvalue weighted by molar-refractivity contribution is -0.112. The standard InChI is InChI=1S/C26H21N3O4/c1-17-5-7-19(8-6-17)25(30)28-21-4-2-3-18(14-21)13-20(16-27)26(31)29-22-9-10-23-24(15-22)33-12-11-32-23/h2-10,13-15H,11-12H2,1H3,(H,28,30)(H,29,31)/b20-13+. The maximum Gasteiger partial charge on any atom is 0.266 e. The summed E-state index contributed by atoms with van der Waals surface area (Å²) in [5.41, 5.74) is 3.18. The third-order valence-corrected chi connectivity index (χ3v) is 4.93. The van der Waals surface area contributed by atoms with Crippen LogP contribution in [0.3, 0.4) is 0 Å². The van der Waals surface area contributed by atoms with Crippen LogP contribution < -0.4 is 20.1 Å². The molecule has 1 heterocycles. The second-order valence-electron chi connectivity index (χ2n) is 7.43. The van der Waals surface area contributed by atoms with Crippen LogP contribution in [0.25, 0.3) is 6.08 Å². The topological polar surface area (TPSA) is 100 Å². The Balaban J connectivity index is 1.47. The van der Waals surface area contributed by atoms with Crippen LogP contribution in [0.15, 0.2) is 72.3 Å². The van der Waals surface area contributed by atoms with Crippen molar-refractivity contribution in [1.29, 1.82) is 5.26 Å². The zero-order valence-electron chi connectivity index (χ0n) is 17.9. The number of nitrogens with zero attached hydrogens (tertiary/aromatic N) is 1. The Hall–Kier alpha value is -4.57. The van der Waals surface area contributed by atoms with E-state index in [1.807, 2.05) is 25.1 Å². The number of benzene rings is 3. The fraction of sp³-hybridized carbons (Fsp3) is 0.115. The van der Waals surface area contributed by atoms with Gasteiger partial charge in [-0.25, -0.2) is 0 Å². The molecule has 3 aromatic carbocycles. The Bertz CT molecular complexity index is 1270. The molecule has 7 heteroatoms. The summed E-state index contributed by atoms with van der Waals surface area (Å²) in [6, 6.07) is 21.1. The molecule has 164 valence electrons. The van der Waals surface area contributed by atoms with Crippen LogP contribution in [-0.4, -0.2) is 25.0 Å². The lowest BCUT2D eigenvalue weighted by atomic mass is 10.1. The molecular formula is C26H21N3O4. The highest BCUT2D eigenvalue weighted by molar-refractivity contribution is 6.10. The van der Waals surface area contributed by atoms with Crippen LogP contribution in [0.4, 0.5) is 11.4 Å². The maximum absolute atomic E-state index is 12.6. The molecule has 3 aromatic rings. The van der Waals surface area contributed by atoms with Crippen molar-refractivity contribution in [2.24, 2.45) is 0 Å². The number of aryl methyl sites for hydroxylation is 1. The summed E-state index contributed by atoms with van der Waals surface area (Å²) in [7, 11) is 0. The largest absolute Gasteiger partial charge is 0.486 e. The summed E-state index contributed by atoms with van der Waals surface area (Å²) in [4.78, 5) is 25.1. The fourth-order valence-electron chi connectivity index (χ4n) is 3.25. The molecule has 0 atom stereocenters. The Labute approximate surface area is 191 Å². The first kappa shape index (κ1) is 21.7. The van der Waals surface area contributed by atoms with E-state index in [4.69, 9.17) is 9.47 Å². The highest BCUT2D eigenvalue weighted by atomic mass is 16.6. The molecule has 0 fully saturated rings. The van der Waals surface area contributed by atoms with Crippen molar-refractivity contribution >= 4 is 29.3 Å². The second kappa shape index (κ2) is 9.71. The molecule has 1 aliphatic heterocycles. The number of carbonyl (C=O) groups is 2. The van der Waals surface area contributed by atoms with E-state index >= 15 is 0 Å². The number of hydrogen-bond donors (Lipinski definition) is 2. The monoisotopic (exact) mass is 439 g/mol. The van der Waals surface area contributed by atoms with Gasteiger partial charge in [0.15, 0.2) is 11.5 Å². The van der Waals surface area contributed by atoms with Gasteiger partial charge in [-0.1, -0.05) is 29.8 Å². The number of nitrogens with one attached hydrogen (secondary N) is 2. The molecule has 0 radical (unpaired) electrons. The molecule has 2 amide bonds. The summed E-state index contributed by atoms with van der Waals surface area (Å²) in [6.07, 6.45) is 1.47. The van der Waals surface area contributed by atoms with Gasteiger partial charge in [0, 0.05) is 23.0 Å². The number of carbonyl (C=O) groups excluding carboxylic acids is 2. The van der Waals surface area contributed by atoms with Gasteiger partial charge < -0.3 is 20.1 Å². The number of amides is 2. The molecule has 0 aliphatic carbocycles. The summed E-state index contributed by atoms with van der Waals surface area (Å²) in [5.74, 6) is 0.356. The molecule has 4 rings (SSSR count). The van der Waals surface area contributed by atoms with Crippen molar-refractivity contribution in [3.63, 3.8) is 0 Å². The Kier molecular flexibility index (Phi) is 6.37. The van der Waals surface area contributed by atoms with E-state index in [1.165, 1.54) is 6.08 Å². The number of ether oxygens (including phenoxy) is 2. The first-order valence-corrected chi connectivity index (χ1v) is 10.3. The van der Waals surface area contributed by atoms with E-state index in [0.717, 1.165) is 5.56 Å². The van der Waals surface area contributed by atoms with Crippen molar-refractivity contribution < 1.29 is 19.1 Å². The highest BCUT2D eigenvalue weighted by Crippen LogP contribution is 2.32. The smallest absolute Gasteiger partial charge is 0.266 e. The predicted octanol–water partition coefficient (Wildman–Crippen LogP) is 4.56. The summed E-state index contributed by atoms with van der Waals surface area (Å²) >= 11 is 0. The van der Waals surface area contributed by atoms with E-state index < -0.39 is 5.91 Å². The van der Waals surface area contributed by atoms with Crippen molar-refractivity contribution in [3.8, 4) is 17.6 Å². The van der Waals surface area contributed by atoms with E-state index in [1.54, 1.807) is 54.6 Å². The molecule has 0 bridgehead atoms. The van der Waals surface area contributed by atoms with Gasteiger partial charge in [-0.2, -0.15) is 5.26 Å². The van der Waals surface area contributed by atoms with Crippen LogP contribution in [0.2, 0.25) is 0 Å². The number of nitriles is 1. The quantitative estimate of drug-likeness (QED) is 0.448. The number of fused-ring (bicyclic) bond motifs is 1. The molecular weight excluding hydrogens is 418 g/mol. The van der Waals surface area contributed by atoms with E-state index in [-0.39, 0.29) is 11.5 Å². The van der Waals surface area contributed by atoms with Gasteiger partial charge >= 0.3 is 0 Å². The Morgan fingerprint density at radius 3 is 2.39 bits per heavy atom. The van der Waals surface area contributed by atoms with Crippen molar-refractivity contribution in [2.75, 3.05) is 23.8 Å². The minimum atomic E-state index is -0.553. The van der Waals surface area contributed by atoms with E-state index in [9.17, 15) is 14.9 Å². The van der Waals surface area contributed by atoms with Crippen molar-refractivity contribution in [3.05, 3.63) is 89.0 Å². The third-order valence-electron chi connectivity index (χ3n) is 4.93. The number of anilines is 2. The molecule has 0 spiro atoms. The lowest BCUT2D eigenvalue weighted by Crippen LogP contribution is -2.17. The summed E-state index contributed by atoms with van der Waals surface area (Å²) in [6.45, 7) is 2.86. The average Bonchev–Trinajstić information content (AvgIpc) is 2.83. The molecule has 0 aromatic heterocycles. The van der Waals surface area contributed by atoms with Gasteiger partial charge in [0.1, 0.15) is 24.9 Å². The first-order valence-electron chi connectivity index (χ1n) is 10.3. The van der Waals surface area contributed by atoms with Gasteiger partial charge in [-0.15, -0.1) is 0 Å². The van der Waals surface area contributed by atoms with Crippen LogP contribution >= 0.6 is 0 Å². The molecule has 2 N–H and O–H groups in total. The van der Waals surface area contributed by atoms with Gasteiger partial charge in [0.25, 0.3) is 11.8 Å². The lowest BCUT2D eigenvalue weighted by Gasteiger charge is -2.18. The highest BCUT2D eigenvalue weighted by Gasteiger charge is 2.15. The normalized spacial score (nSPS) is 12.4. The Morgan fingerprint density at radius 1 is 0.909 bits per heavy atom. The second-order valence-corrected chi connectivity index (χ2v) is 7.43. The van der Waals surface area contributed by atoms with Crippen LogP contribution in [-0.2, 0) is 4.79 Å². The first-order chi connectivity index (χ1) is 16.0. The Morgan fingerprint density at radius 2 is 1.64 bits per heavy atom. The molecule has 0 saturated carbocycles. The fourth-order valence-corrected chi connectivity index (χ4v) is 3.25. The van der Waals surface area contributed by atoms with Crippen molar-refractivity contribution in [1.82, 2.24) is 0 Å². The molecule has 1 aliphatic rings. The minimum absolute atomic E-state index is 0.0769. The number of rotatable bonds is 5. The number of hydrogen-bond acceptors (Lipinski definition) is 5. The zero-order valence-corrected chi connectivity index (χ0v) is 17.9. The zero-order chi connectivity index (χ0) is 23.2. The van der Waals surface area contributed by atoms with Crippen LogP contribution in [0.1, 0.15) is 21.5 Å². The van der Waals surface area contributed by atoms with Crippen molar-refractivity contribution in [2.45, 2.75) is 6.92 Å².